The van der Waals surface area contributed by atoms with E-state index in [1.807, 2.05) is 52.5 Å². The Hall–Kier alpha value is -1.72. The van der Waals surface area contributed by atoms with Gasteiger partial charge >= 0.3 is 6.03 Å². The van der Waals surface area contributed by atoms with Crippen LogP contribution in [0, 0.1) is 0 Å². The van der Waals surface area contributed by atoms with E-state index in [0.29, 0.717) is 26.2 Å². The fourth-order valence-corrected chi connectivity index (χ4v) is 6.74. The Morgan fingerprint density at radius 1 is 0.906 bits per heavy atom. The van der Waals surface area contributed by atoms with Gasteiger partial charge in [0.15, 0.2) is 0 Å². The molecular formula is C22H29N3O3S4. The molecule has 0 aliphatic carbocycles. The average Bonchev–Trinajstić information content (AvgIpc) is 3.54. The van der Waals surface area contributed by atoms with E-state index < -0.39 is 10.0 Å². The zero-order valence-electron chi connectivity index (χ0n) is 18.1. The molecule has 32 heavy (non-hydrogen) atoms. The van der Waals surface area contributed by atoms with Gasteiger partial charge in [-0.1, -0.05) is 31.5 Å². The quantitative estimate of drug-likeness (QED) is 0.342. The van der Waals surface area contributed by atoms with Crippen molar-refractivity contribution in [1.29, 1.82) is 0 Å². The van der Waals surface area contributed by atoms with Crippen LogP contribution in [0.15, 0.2) is 52.5 Å². The molecule has 6 nitrogen and oxygen atoms in total. The van der Waals surface area contributed by atoms with Gasteiger partial charge in [-0.15, -0.1) is 34.0 Å². The Morgan fingerprint density at radius 2 is 1.44 bits per heavy atom. The topological polar surface area (TPSA) is 69.7 Å². The van der Waals surface area contributed by atoms with Crippen LogP contribution in [0.5, 0.6) is 0 Å². The normalized spacial score (nSPS) is 11.7. The fourth-order valence-electron chi connectivity index (χ4n) is 3.13. The monoisotopic (exact) mass is 511 g/mol. The first-order valence-corrected chi connectivity index (χ1v) is 14.8. The summed E-state index contributed by atoms with van der Waals surface area (Å²) in [6.45, 7) is 4.04. The van der Waals surface area contributed by atoms with Gasteiger partial charge in [0.25, 0.3) is 0 Å². The Balaban J connectivity index is 1.59. The SMILES string of the molecule is CCCCN(Cc1cccs1)C(=O)NCCS(=O)(=O)N(Cc1cccs1)Cc1cccs1. The number of nitrogens with one attached hydrogen (secondary N) is 1. The van der Waals surface area contributed by atoms with Crippen molar-refractivity contribution in [1.82, 2.24) is 14.5 Å². The molecule has 0 radical (unpaired) electrons. The van der Waals surface area contributed by atoms with Crippen LogP contribution in [0.4, 0.5) is 4.79 Å². The highest BCUT2D eigenvalue weighted by Crippen LogP contribution is 2.20. The lowest BCUT2D eigenvalue weighted by Gasteiger charge is -2.24. The number of amides is 2. The number of sulfonamides is 1. The Morgan fingerprint density at radius 3 is 1.91 bits per heavy atom. The molecular weight excluding hydrogens is 483 g/mol. The standard InChI is InChI=1S/C22H29N3O3S4/c1-2-3-11-24(16-19-7-4-12-29-19)22(26)23-10-15-32(27,28)25(17-20-8-5-13-30-20)18-21-9-6-14-31-21/h4-9,12-14H,2-3,10-11,15-18H2,1H3,(H,23,26). The second-order valence-electron chi connectivity index (χ2n) is 7.33. The minimum Gasteiger partial charge on any atom is -0.337 e. The molecule has 2 amide bonds. The molecule has 0 fully saturated rings. The highest BCUT2D eigenvalue weighted by molar-refractivity contribution is 7.89. The molecule has 0 bridgehead atoms. The zero-order valence-corrected chi connectivity index (χ0v) is 21.4. The molecule has 1 N–H and O–H groups in total. The van der Waals surface area contributed by atoms with Crippen LogP contribution < -0.4 is 5.32 Å². The average molecular weight is 512 g/mol. The first kappa shape index (κ1) is 24.9. The van der Waals surface area contributed by atoms with Gasteiger partial charge in [0.05, 0.1) is 12.3 Å². The van der Waals surface area contributed by atoms with Gasteiger partial charge in [-0.3, -0.25) is 0 Å². The minimum absolute atomic E-state index is 0.0829. The molecule has 0 atom stereocenters. The molecule has 10 heteroatoms. The van der Waals surface area contributed by atoms with Crippen LogP contribution in [0.2, 0.25) is 0 Å². The minimum atomic E-state index is -3.55. The second kappa shape index (κ2) is 12.5. The molecule has 0 aliphatic rings. The van der Waals surface area contributed by atoms with Crippen molar-refractivity contribution in [3.8, 4) is 0 Å². The Bertz CT molecular complexity index is 981. The van der Waals surface area contributed by atoms with Crippen LogP contribution in [-0.4, -0.2) is 42.5 Å². The summed E-state index contributed by atoms with van der Waals surface area (Å²) in [6.07, 6.45) is 1.90. The lowest BCUT2D eigenvalue weighted by atomic mass is 10.3. The second-order valence-corrected chi connectivity index (χ2v) is 12.5. The van der Waals surface area contributed by atoms with Crippen LogP contribution in [0.25, 0.3) is 0 Å². The largest absolute Gasteiger partial charge is 0.337 e. The van der Waals surface area contributed by atoms with Crippen LogP contribution in [0.3, 0.4) is 0 Å². The molecule has 3 aromatic heterocycles. The number of unbranched alkanes of at least 4 members (excludes halogenated alkanes) is 1. The number of carbonyl (C=O) groups is 1. The van der Waals surface area contributed by atoms with E-state index in [1.54, 1.807) is 38.9 Å². The van der Waals surface area contributed by atoms with E-state index in [-0.39, 0.29) is 18.3 Å². The highest BCUT2D eigenvalue weighted by atomic mass is 32.2. The summed E-state index contributed by atoms with van der Waals surface area (Å²) >= 11 is 4.70. The predicted octanol–water partition coefficient (Wildman–Crippen LogP) is 5.22. The lowest BCUT2D eigenvalue weighted by molar-refractivity contribution is 0.195. The summed E-state index contributed by atoms with van der Waals surface area (Å²) in [4.78, 5) is 17.6. The zero-order chi connectivity index (χ0) is 22.8. The van der Waals surface area contributed by atoms with Crippen LogP contribution in [0.1, 0.15) is 34.4 Å². The van der Waals surface area contributed by atoms with Gasteiger partial charge in [-0.25, -0.2) is 13.2 Å². The van der Waals surface area contributed by atoms with E-state index >= 15 is 0 Å². The number of nitrogens with zero attached hydrogens (tertiary/aromatic N) is 2. The van der Waals surface area contributed by atoms with E-state index in [4.69, 9.17) is 0 Å². The molecule has 0 spiro atoms. The predicted molar refractivity (Wildman–Crippen MR) is 135 cm³/mol. The molecule has 3 heterocycles. The van der Waals surface area contributed by atoms with Crippen LogP contribution in [-0.2, 0) is 29.7 Å². The fraction of sp³-hybridized carbons (Fsp3) is 0.409. The van der Waals surface area contributed by atoms with Gasteiger partial charge in [-0.2, -0.15) is 4.31 Å². The third kappa shape index (κ3) is 7.70. The molecule has 0 aromatic carbocycles. The third-order valence-corrected chi connectivity index (χ3v) is 9.20. The van der Waals surface area contributed by atoms with Gasteiger partial charge in [0, 0.05) is 40.8 Å². The maximum atomic E-state index is 13.1. The van der Waals surface area contributed by atoms with Gasteiger partial charge in [0.2, 0.25) is 10.0 Å². The summed E-state index contributed by atoms with van der Waals surface area (Å²) in [6, 6.07) is 11.5. The van der Waals surface area contributed by atoms with Crippen molar-refractivity contribution < 1.29 is 13.2 Å². The maximum Gasteiger partial charge on any atom is 0.317 e. The first-order chi connectivity index (χ1) is 15.5. The summed E-state index contributed by atoms with van der Waals surface area (Å²) in [5, 5.41) is 8.71. The smallest absolute Gasteiger partial charge is 0.317 e. The maximum absolute atomic E-state index is 13.1. The summed E-state index contributed by atoms with van der Waals surface area (Å²) < 4.78 is 27.8. The molecule has 0 aliphatic heterocycles. The molecule has 0 saturated heterocycles. The lowest BCUT2D eigenvalue weighted by Crippen LogP contribution is -2.43. The Labute approximate surface area is 202 Å². The summed E-state index contributed by atoms with van der Waals surface area (Å²) in [5.74, 6) is -0.129. The van der Waals surface area contributed by atoms with E-state index in [2.05, 4.69) is 12.2 Å². The van der Waals surface area contributed by atoms with Crippen molar-refractivity contribution in [3.05, 3.63) is 67.2 Å². The van der Waals surface area contributed by atoms with E-state index in [9.17, 15) is 13.2 Å². The summed E-state index contributed by atoms with van der Waals surface area (Å²) in [5.41, 5.74) is 0. The van der Waals surface area contributed by atoms with E-state index in [1.165, 1.54) is 4.31 Å². The number of hydrogen-bond donors (Lipinski definition) is 1. The van der Waals surface area contributed by atoms with Crippen LogP contribution >= 0.6 is 34.0 Å². The van der Waals surface area contributed by atoms with Crippen molar-refractivity contribution in [2.24, 2.45) is 0 Å². The molecule has 3 aromatic rings. The number of hydrogen-bond acceptors (Lipinski definition) is 6. The highest BCUT2D eigenvalue weighted by Gasteiger charge is 2.24. The summed E-state index contributed by atoms with van der Waals surface area (Å²) in [7, 11) is -3.55. The van der Waals surface area contributed by atoms with Gasteiger partial charge in [-0.05, 0) is 40.8 Å². The molecule has 0 saturated carbocycles. The number of thiophene rings is 3. The molecule has 174 valence electrons. The molecule has 0 unspecified atom stereocenters. The van der Waals surface area contributed by atoms with Crippen molar-refractivity contribution in [2.75, 3.05) is 18.8 Å². The van der Waals surface area contributed by atoms with Gasteiger partial charge in [0.1, 0.15) is 0 Å². The third-order valence-electron chi connectivity index (χ3n) is 4.85. The Kier molecular flexibility index (Phi) is 9.73. The number of urea groups is 1. The van der Waals surface area contributed by atoms with Crippen molar-refractivity contribution >= 4 is 50.1 Å². The number of rotatable bonds is 13. The van der Waals surface area contributed by atoms with Crippen molar-refractivity contribution in [3.63, 3.8) is 0 Å². The van der Waals surface area contributed by atoms with Gasteiger partial charge < -0.3 is 10.2 Å². The van der Waals surface area contributed by atoms with E-state index in [0.717, 1.165) is 27.5 Å². The number of carbonyl (C=O) groups excluding carboxylic acids is 1. The molecule has 3 rings (SSSR count). The van der Waals surface area contributed by atoms with Crippen molar-refractivity contribution in [2.45, 2.75) is 39.4 Å². The first-order valence-electron chi connectivity index (χ1n) is 10.6.